The Morgan fingerprint density at radius 1 is 1.18 bits per heavy atom. The highest BCUT2D eigenvalue weighted by Gasteiger charge is 2.21. The summed E-state index contributed by atoms with van der Waals surface area (Å²) in [5, 5.41) is 13.5. The van der Waals surface area contributed by atoms with Crippen molar-refractivity contribution in [1.82, 2.24) is 14.9 Å². The molecule has 0 aliphatic carbocycles. The third-order valence-electron chi connectivity index (χ3n) is 5.27. The van der Waals surface area contributed by atoms with E-state index in [9.17, 15) is 9.50 Å². The monoisotopic (exact) mass is 425 g/mol. The maximum Gasteiger partial charge on any atom is 0.131 e. The average Bonchev–Trinajstić information content (AvgIpc) is 3.06. The van der Waals surface area contributed by atoms with Crippen molar-refractivity contribution in [2.45, 2.75) is 44.4 Å². The minimum absolute atomic E-state index is 0. The van der Waals surface area contributed by atoms with E-state index in [0.29, 0.717) is 5.56 Å². The number of benzene rings is 2. The van der Waals surface area contributed by atoms with Gasteiger partial charge in [0.2, 0.25) is 0 Å². The number of hydrogen-bond donors (Lipinski definition) is 2. The van der Waals surface area contributed by atoms with E-state index in [0.717, 1.165) is 55.4 Å². The van der Waals surface area contributed by atoms with Crippen LogP contribution in [0.4, 0.5) is 4.39 Å². The molecule has 1 fully saturated rings. The Balaban J connectivity index is 0.00000140. The van der Waals surface area contributed by atoms with E-state index in [4.69, 9.17) is 0 Å². The molecule has 1 aliphatic rings. The second-order valence-electron chi connectivity index (χ2n) is 7.03. The van der Waals surface area contributed by atoms with E-state index in [2.05, 4.69) is 14.9 Å². The first kappa shape index (κ1) is 22.6. The van der Waals surface area contributed by atoms with Crippen molar-refractivity contribution in [3.05, 3.63) is 54.6 Å². The Bertz CT molecular complexity index is 902. The summed E-state index contributed by atoms with van der Waals surface area (Å²) >= 11 is 0. The predicted molar refractivity (Wildman–Crippen MR) is 116 cm³/mol. The number of piperidine rings is 1. The lowest BCUT2D eigenvalue weighted by Gasteiger charge is -2.29. The molecule has 4 rings (SSSR count). The molecule has 4 nitrogen and oxygen atoms in total. The van der Waals surface area contributed by atoms with Crippen LogP contribution in [0.2, 0.25) is 0 Å². The lowest BCUT2D eigenvalue weighted by atomic mass is 9.97. The zero-order valence-electron chi connectivity index (χ0n) is 15.6. The highest BCUT2D eigenvalue weighted by molar-refractivity contribution is 5.85. The van der Waals surface area contributed by atoms with E-state index < -0.39 is 0 Å². The number of halogens is 3. The van der Waals surface area contributed by atoms with Crippen LogP contribution in [0.25, 0.3) is 22.2 Å². The quantitative estimate of drug-likeness (QED) is 0.628. The molecule has 152 valence electrons. The number of fused-ring (bicyclic) bond motifs is 1. The summed E-state index contributed by atoms with van der Waals surface area (Å²) in [6, 6.07) is 12.9. The van der Waals surface area contributed by atoms with Gasteiger partial charge in [0.1, 0.15) is 5.82 Å². The minimum Gasteiger partial charge on any atom is -0.392 e. The van der Waals surface area contributed by atoms with Crippen molar-refractivity contribution < 1.29 is 9.50 Å². The summed E-state index contributed by atoms with van der Waals surface area (Å²) < 4.78 is 16.2. The van der Waals surface area contributed by atoms with Crippen molar-refractivity contribution in [3.63, 3.8) is 0 Å². The number of nitrogens with zero attached hydrogens (tertiary/aromatic N) is 2. The van der Waals surface area contributed by atoms with Crippen LogP contribution >= 0.6 is 24.8 Å². The van der Waals surface area contributed by atoms with E-state index in [-0.39, 0.29) is 42.8 Å². The number of aromatic nitrogens is 2. The van der Waals surface area contributed by atoms with Crippen LogP contribution in [0.5, 0.6) is 0 Å². The molecule has 3 aromatic rings. The number of nitrogens with one attached hydrogen (secondary N) is 1. The summed E-state index contributed by atoms with van der Waals surface area (Å²) in [4.78, 5) is 4.46. The number of aryl methyl sites for hydroxylation is 1. The lowest BCUT2D eigenvalue weighted by molar-refractivity contribution is 0.0909. The molecule has 2 atom stereocenters. The summed E-state index contributed by atoms with van der Waals surface area (Å²) in [6.45, 7) is 1.82. The van der Waals surface area contributed by atoms with E-state index in [1.165, 1.54) is 6.07 Å². The second kappa shape index (κ2) is 10.2. The Kier molecular flexibility index (Phi) is 8.25. The zero-order chi connectivity index (χ0) is 17.9. The predicted octanol–water partition coefficient (Wildman–Crippen LogP) is 4.58. The Labute approximate surface area is 177 Å². The van der Waals surface area contributed by atoms with Gasteiger partial charge in [-0.1, -0.05) is 24.3 Å². The minimum atomic E-state index is -0.240. The van der Waals surface area contributed by atoms with Crippen LogP contribution in [0.3, 0.4) is 0 Å². The van der Waals surface area contributed by atoms with Crippen molar-refractivity contribution in [2.75, 3.05) is 6.54 Å². The third-order valence-corrected chi connectivity index (χ3v) is 5.27. The van der Waals surface area contributed by atoms with Crippen LogP contribution in [0, 0.1) is 5.82 Å². The first-order valence-electron chi connectivity index (χ1n) is 9.33. The Morgan fingerprint density at radius 2 is 2.00 bits per heavy atom. The highest BCUT2D eigenvalue weighted by Crippen LogP contribution is 2.26. The maximum absolute atomic E-state index is 14.1. The second-order valence-corrected chi connectivity index (χ2v) is 7.03. The van der Waals surface area contributed by atoms with Crippen LogP contribution in [-0.2, 0) is 6.54 Å². The molecule has 0 unspecified atom stereocenters. The van der Waals surface area contributed by atoms with Crippen LogP contribution in [-0.4, -0.2) is 33.3 Å². The molecular formula is C21H26Cl2FN3O. The van der Waals surface area contributed by atoms with Gasteiger partial charge in [-0.3, -0.25) is 0 Å². The number of imidazole rings is 1. The van der Waals surface area contributed by atoms with E-state index in [1.807, 2.05) is 30.6 Å². The van der Waals surface area contributed by atoms with Crippen LogP contribution in [0.15, 0.2) is 48.8 Å². The molecule has 1 saturated heterocycles. The van der Waals surface area contributed by atoms with Crippen molar-refractivity contribution >= 4 is 35.8 Å². The van der Waals surface area contributed by atoms with Crippen LogP contribution in [0.1, 0.15) is 25.7 Å². The smallest absolute Gasteiger partial charge is 0.131 e. The van der Waals surface area contributed by atoms with Gasteiger partial charge in [0.05, 0.1) is 23.5 Å². The summed E-state index contributed by atoms with van der Waals surface area (Å²) in [7, 11) is 0. The van der Waals surface area contributed by atoms with Gasteiger partial charge in [0.25, 0.3) is 0 Å². The first-order valence-corrected chi connectivity index (χ1v) is 9.33. The number of aliphatic hydroxyl groups is 1. The normalized spacial score (nSPS) is 19.1. The van der Waals surface area contributed by atoms with Gasteiger partial charge < -0.3 is 15.0 Å². The van der Waals surface area contributed by atoms with Crippen molar-refractivity contribution in [1.29, 1.82) is 0 Å². The lowest BCUT2D eigenvalue weighted by Crippen LogP contribution is -2.44. The topological polar surface area (TPSA) is 50.1 Å². The molecule has 2 aromatic carbocycles. The number of hydrogen-bond acceptors (Lipinski definition) is 3. The zero-order valence-corrected chi connectivity index (χ0v) is 17.2. The Morgan fingerprint density at radius 3 is 2.79 bits per heavy atom. The molecular weight excluding hydrogens is 400 g/mol. The SMILES string of the molecule is Cl.Cl.O[C@H]1CCCN[C@@H]1CCCn1cnc2ccc(-c3ccccc3F)cc21. The fourth-order valence-corrected chi connectivity index (χ4v) is 3.81. The number of rotatable bonds is 5. The summed E-state index contributed by atoms with van der Waals surface area (Å²) in [6.07, 6.45) is 5.44. The van der Waals surface area contributed by atoms with Gasteiger partial charge in [-0.15, -0.1) is 24.8 Å². The third kappa shape index (κ3) is 4.84. The average molecular weight is 426 g/mol. The molecule has 2 N–H and O–H groups in total. The van der Waals surface area contributed by atoms with E-state index >= 15 is 0 Å². The van der Waals surface area contributed by atoms with Gasteiger partial charge >= 0.3 is 0 Å². The first-order chi connectivity index (χ1) is 12.7. The molecule has 0 bridgehead atoms. The summed E-state index contributed by atoms with van der Waals surface area (Å²) in [5.41, 5.74) is 3.40. The molecule has 28 heavy (non-hydrogen) atoms. The molecule has 2 heterocycles. The van der Waals surface area contributed by atoms with Gasteiger partial charge in [-0.25, -0.2) is 9.37 Å². The molecule has 0 saturated carbocycles. The van der Waals surface area contributed by atoms with E-state index in [1.54, 1.807) is 12.1 Å². The fraction of sp³-hybridized carbons (Fsp3) is 0.381. The molecule has 1 aromatic heterocycles. The molecule has 0 spiro atoms. The number of aliphatic hydroxyl groups excluding tert-OH is 1. The fourth-order valence-electron chi connectivity index (χ4n) is 3.81. The van der Waals surface area contributed by atoms with Gasteiger partial charge in [0.15, 0.2) is 0 Å². The molecule has 1 aliphatic heterocycles. The van der Waals surface area contributed by atoms with Crippen LogP contribution < -0.4 is 5.32 Å². The summed E-state index contributed by atoms with van der Waals surface area (Å²) in [5.74, 6) is -0.213. The molecule has 7 heteroatoms. The molecule has 0 amide bonds. The van der Waals surface area contributed by atoms with Gasteiger partial charge in [0, 0.05) is 18.2 Å². The molecule has 0 radical (unpaired) electrons. The van der Waals surface area contributed by atoms with Crippen molar-refractivity contribution in [2.24, 2.45) is 0 Å². The van der Waals surface area contributed by atoms with Crippen molar-refractivity contribution in [3.8, 4) is 11.1 Å². The standard InChI is InChI=1S/C21H24FN3O.2ClH/c22-17-6-2-1-5-16(17)15-9-10-18-20(13-15)25(14-24-18)12-4-7-19-21(26)8-3-11-23-19;;/h1-2,5-6,9-10,13-14,19,21,23,26H,3-4,7-8,11-12H2;2*1H/t19-,21+;;/m1../s1. The Hall–Kier alpha value is -1.66. The largest absolute Gasteiger partial charge is 0.392 e. The van der Waals surface area contributed by atoms with Gasteiger partial charge in [-0.2, -0.15) is 0 Å². The maximum atomic E-state index is 14.1. The van der Waals surface area contributed by atoms with Gasteiger partial charge in [-0.05, 0) is 56.0 Å². The highest BCUT2D eigenvalue weighted by atomic mass is 35.5.